The second kappa shape index (κ2) is 36.5. The van der Waals surface area contributed by atoms with Gasteiger partial charge >= 0.3 is 6.18 Å². The Morgan fingerprint density at radius 2 is 1.27 bits per heavy atom. The summed E-state index contributed by atoms with van der Waals surface area (Å²) in [5.41, 5.74) is -1.55. The molecule has 30 heteroatoms. The van der Waals surface area contributed by atoms with E-state index < -0.39 is 180 Å². The maximum atomic E-state index is 15.6. The molecule has 2 bridgehead atoms. The van der Waals surface area contributed by atoms with Crippen molar-refractivity contribution in [1.82, 2.24) is 60.0 Å². The molecule has 0 radical (unpaired) electrons. The van der Waals surface area contributed by atoms with Crippen LogP contribution in [0.2, 0.25) is 0 Å². The van der Waals surface area contributed by atoms with Crippen LogP contribution in [0.25, 0.3) is 0 Å². The van der Waals surface area contributed by atoms with Crippen LogP contribution in [0.3, 0.4) is 0 Å². The molecule has 584 valence electrons. The molecule has 5 aliphatic carbocycles. The third-order valence-electron chi connectivity index (χ3n) is 24.0. The molecule has 3 aliphatic heterocycles. The molecule has 5 saturated carbocycles. The second-order valence-corrected chi connectivity index (χ2v) is 32.6. The lowest BCUT2D eigenvalue weighted by molar-refractivity contribution is -0.184. The minimum atomic E-state index is -4.44. The Kier molecular flexibility index (Phi) is 29.3. The molecule has 8 aliphatic rings. The average molecular weight is 1510 g/mol. The lowest BCUT2D eigenvalue weighted by atomic mass is 9.74. The van der Waals surface area contributed by atoms with Gasteiger partial charge in [-0.25, -0.2) is 0 Å². The number of hydrogen-bond donors (Lipinski definition) is 3. The fourth-order valence-corrected chi connectivity index (χ4v) is 17.4. The highest BCUT2D eigenvalue weighted by molar-refractivity contribution is 6.30. The molecule has 25 nitrogen and oxygen atoms in total. The summed E-state index contributed by atoms with van der Waals surface area (Å²) in [5, 5.41) is 8.24. The van der Waals surface area contributed by atoms with Crippen molar-refractivity contribution in [2.75, 3.05) is 89.2 Å². The molecule has 7 fully saturated rings. The minimum absolute atomic E-state index is 0.0106. The van der Waals surface area contributed by atoms with Gasteiger partial charge in [-0.15, -0.1) is 23.2 Å². The van der Waals surface area contributed by atoms with Crippen LogP contribution >= 0.6 is 23.2 Å². The average Bonchev–Trinajstić information content (AvgIpc) is 1.07. The van der Waals surface area contributed by atoms with Gasteiger partial charge in [0.1, 0.15) is 53.9 Å². The highest BCUT2D eigenvalue weighted by Gasteiger charge is 2.54. The quantitative estimate of drug-likeness (QED) is 0.144. The molecule has 1 spiro atoms. The zero-order valence-corrected chi connectivity index (χ0v) is 64.4. The maximum absolute atomic E-state index is 15.6. The summed E-state index contributed by atoms with van der Waals surface area (Å²) in [6.07, 6.45) is 5.63. The van der Waals surface area contributed by atoms with Crippen LogP contribution in [0.4, 0.5) is 13.2 Å². The first kappa shape index (κ1) is 83.3. The van der Waals surface area contributed by atoms with Gasteiger partial charge in [0, 0.05) is 87.9 Å². The highest BCUT2D eigenvalue weighted by atomic mass is 35.5. The molecule has 12 amide bonds. The minimum Gasteiger partial charge on any atom is -0.377 e. The number of fused-ring (bicyclic) bond motifs is 3. The summed E-state index contributed by atoms with van der Waals surface area (Å²) in [5.74, 6) is -10.8. The van der Waals surface area contributed by atoms with Crippen molar-refractivity contribution < 1.29 is 75.4 Å². The molecule has 0 aromatic heterocycles. The van der Waals surface area contributed by atoms with Gasteiger partial charge in [0.25, 0.3) is 0 Å². The molecule has 3 N–H and O–H groups in total. The van der Waals surface area contributed by atoms with E-state index in [4.69, 9.17) is 27.9 Å². The van der Waals surface area contributed by atoms with Crippen molar-refractivity contribution >= 4 is 94.1 Å². The van der Waals surface area contributed by atoms with Gasteiger partial charge in [-0.1, -0.05) is 58.1 Å². The van der Waals surface area contributed by atoms with Crippen molar-refractivity contribution in [3.8, 4) is 0 Å². The predicted molar refractivity (Wildman–Crippen MR) is 384 cm³/mol. The van der Waals surface area contributed by atoms with Gasteiger partial charge < -0.3 is 64.8 Å². The Balaban J connectivity index is 1.19. The molecule has 104 heavy (non-hydrogen) atoms. The number of halogens is 5. The first-order chi connectivity index (χ1) is 49.1. The molecule has 0 aromatic carbocycles. The van der Waals surface area contributed by atoms with Crippen LogP contribution in [0.5, 0.6) is 0 Å². The normalized spacial score (nSPS) is 32.5. The number of nitrogens with zero attached hydrogens (tertiary/aromatic N) is 9. The van der Waals surface area contributed by atoms with E-state index >= 15 is 28.8 Å². The summed E-state index contributed by atoms with van der Waals surface area (Å²) in [7, 11) is 11.5. The maximum Gasteiger partial charge on any atom is 0.391 e. The third kappa shape index (κ3) is 20.3. The van der Waals surface area contributed by atoms with Crippen LogP contribution in [0.15, 0.2) is 12.2 Å². The van der Waals surface area contributed by atoms with E-state index in [9.17, 15) is 41.9 Å². The van der Waals surface area contributed by atoms with E-state index in [0.717, 1.165) is 35.5 Å². The van der Waals surface area contributed by atoms with Gasteiger partial charge in [-0.3, -0.25) is 57.5 Å². The predicted octanol–water partition coefficient (Wildman–Crippen LogP) is 5.86. The number of amides is 12. The number of ether oxygens (including phenoxy) is 1. The van der Waals surface area contributed by atoms with Crippen molar-refractivity contribution in [3.63, 3.8) is 0 Å². The number of carbonyl (C=O) groups excluding carboxylic acids is 12. The zero-order chi connectivity index (χ0) is 76.4. The number of rotatable bonds is 13. The summed E-state index contributed by atoms with van der Waals surface area (Å²) in [4.78, 5) is 193. The number of alkyl halides is 5. The van der Waals surface area contributed by atoms with Crippen LogP contribution in [0, 0.1) is 35.5 Å². The summed E-state index contributed by atoms with van der Waals surface area (Å²) < 4.78 is 48.5. The third-order valence-corrected chi connectivity index (χ3v) is 25.1. The van der Waals surface area contributed by atoms with E-state index in [2.05, 4.69) is 16.0 Å². The van der Waals surface area contributed by atoms with Gasteiger partial charge in [-0.2, -0.15) is 13.2 Å². The monoisotopic (exact) mass is 1510 g/mol. The topological polar surface area (TPSA) is 279 Å². The summed E-state index contributed by atoms with van der Waals surface area (Å²) in [6.45, 7) is 4.19. The molecular weight excluding hydrogens is 1390 g/mol. The molecular formula is C74H115Cl2F3N12O13. The van der Waals surface area contributed by atoms with Gasteiger partial charge in [0.05, 0.1) is 36.9 Å². The van der Waals surface area contributed by atoms with Crippen molar-refractivity contribution in [2.24, 2.45) is 35.5 Å². The number of nitrogens with one attached hydrogen (secondary N) is 3. The Bertz CT molecular complexity index is 3130. The Labute approximate surface area is 621 Å². The van der Waals surface area contributed by atoms with Crippen LogP contribution in [-0.4, -0.2) is 281 Å². The van der Waals surface area contributed by atoms with Crippen molar-refractivity contribution in [1.29, 1.82) is 0 Å². The Morgan fingerprint density at radius 1 is 0.644 bits per heavy atom. The summed E-state index contributed by atoms with van der Waals surface area (Å²) in [6, 6.07) is -10.1. The Hall–Kier alpha value is -6.29. The first-order valence-electron chi connectivity index (χ1n) is 38.0. The van der Waals surface area contributed by atoms with E-state index in [0.29, 0.717) is 51.4 Å². The molecule has 3 unspecified atom stereocenters. The fourth-order valence-electron chi connectivity index (χ4n) is 16.8. The van der Waals surface area contributed by atoms with Crippen LogP contribution in [0.1, 0.15) is 181 Å². The summed E-state index contributed by atoms with van der Waals surface area (Å²) >= 11 is 13.3. The molecule has 13 atom stereocenters. The SMILES string of the molecule is CCO[C@@H]1C[C@H]2C(=O)NC3(CCC3)C(=O)N(C)[C@@H](C3CCCC3)C(=O)N(C)[C@H](C(=O)N(C)C)CC(=O)N(C)[C@@H](CC3CC3)C(=O)N[C@@H]([C@@H](C)CC)C(=O)N(C)CC(=O)N(C)[C@H]3C/C=C\CCN(C3=O)[C@@H](CC3CCC(C(F)(F)F)CC3)C(=O)N(C)CC(=O)N[C@@H](CCC3CCC(Cl)C(Cl)C3)C(=O)N2C1. The fraction of sp³-hybridized carbons (Fsp3) is 0.811. The molecule has 2 saturated heterocycles. The van der Waals surface area contributed by atoms with Crippen LogP contribution < -0.4 is 16.0 Å². The van der Waals surface area contributed by atoms with Crippen molar-refractivity contribution in [3.05, 3.63) is 12.2 Å². The van der Waals surface area contributed by atoms with E-state index in [1.54, 1.807) is 26.0 Å². The molecule has 3 heterocycles. The largest absolute Gasteiger partial charge is 0.391 e. The highest BCUT2D eigenvalue weighted by Crippen LogP contribution is 2.43. The number of carbonyl (C=O) groups is 12. The Morgan fingerprint density at radius 3 is 1.86 bits per heavy atom. The van der Waals surface area contributed by atoms with E-state index in [1.165, 1.54) is 90.7 Å². The van der Waals surface area contributed by atoms with Crippen LogP contribution in [-0.2, 0) is 62.3 Å². The molecule has 8 rings (SSSR count). The second-order valence-electron chi connectivity index (χ2n) is 31.5. The first-order valence-corrected chi connectivity index (χ1v) is 38.9. The van der Waals surface area contributed by atoms with E-state index in [-0.39, 0.29) is 119 Å². The standard InChI is InChI=1S/C74H115Cl2F3N12O13/c1-12-44(3)62-70(101)85(7)43-61(94)86(8)54-22-15-14-18-35-90(69(54)100)58(38-47-25-29-49(30-26-47)74(77,78)79)68(99)84(6)42-59(92)80-53(32-28-45-27-31-51(75)52(76)36-45)66(97)91-41-50(104-13-2)39-56(91)65(96)82-73(33-19-34-73)72(103)89(11)63(48-20-16-17-21-48)71(102)88(10)57(67(98)83(4)5)40-60(93)87(9)55(64(95)81-62)37-46-23-24-46/h14-15,44-58,62-63H,12-13,16-43H2,1-11H3,(H,80,92)(H,81,95)(H,82,96)/b15-14-/t44-,45?,47?,49?,50+,51?,52?,53-,54-,55-,56-,57-,58-,62-,63-/m0/s1. The number of likely N-dealkylation sites (N-methyl/N-ethyl adjacent to an activating group) is 7. The molecule has 0 aromatic rings. The smallest absolute Gasteiger partial charge is 0.377 e. The van der Waals surface area contributed by atoms with Gasteiger partial charge in [0.2, 0.25) is 70.9 Å². The van der Waals surface area contributed by atoms with Gasteiger partial charge in [-0.05, 0) is 152 Å². The zero-order valence-electron chi connectivity index (χ0n) is 62.9. The number of hydrogen-bond acceptors (Lipinski definition) is 13. The lowest BCUT2D eigenvalue weighted by Gasteiger charge is -2.46. The van der Waals surface area contributed by atoms with E-state index in [1.807, 2.05) is 6.92 Å². The van der Waals surface area contributed by atoms with Gasteiger partial charge in [0.15, 0.2) is 0 Å². The van der Waals surface area contributed by atoms with Crippen molar-refractivity contribution in [2.45, 2.75) is 258 Å². The lowest BCUT2D eigenvalue weighted by Crippen LogP contribution is -2.68.